The van der Waals surface area contributed by atoms with Crippen molar-refractivity contribution >= 4 is 12.1 Å². The van der Waals surface area contributed by atoms with Crippen LogP contribution >= 0.6 is 0 Å². The molecule has 0 spiro atoms. The zero-order valence-corrected chi connectivity index (χ0v) is 18.7. The summed E-state index contributed by atoms with van der Waals surface area (Å²) in [5.74, 6) is 0.317. The molecule has 0 fully saturated rings. The molecule has 0 bridgehead atoms. The smallest absolute Gasteiger partial charge is 0.277 e. The number of hydrogen-bond acceptors (Lipinski definition) is 4. The number of hydrazone groups is 1. The van der Waals surface area contributed by atoms with Crippen LogP contribution in [0.25, 0.3) is 11.1 Å². The molecule has 1 amide bonds. The van der Waals surface area contributed by atoms with E-state index in [1.54, 1.807) is 6.21 Å². The van der Waals surface area contributed by atoms with Crippen LogP contribution in [0.2, 0.25) is 0 Å². The van der Waals surface area contributed by atoms with E-state index in [0.29, 0.717) is 12.3 Å². The lowest BCUT2D eigenvalue weighted by atomic mass is 10.1. The summed E-state index contributed by atoms with van der Waals surface area (Å²) in [6.07, 6.45) is 1.63. The SMILES string of the molecule is Cc1nn(Cc2ccccc2)c(C)c1/C=N/NC(=O)COc1ccccc1-c1ccccc1. The minimum atomic E-state index is -0.332. The molecule has 0 aliphatic heterocycles. The van der Waals surface area contributed by atoms with E-state index in [-0.39, 0.29) is 12.5 Å². The van der Waals surface area contributed by atoms with Gasteiger partial charge in [0.15, 0.2) is 6.61 Å². The first kappa shape index (κ1) is 22.0. The summed E-state index contributed by atoms with van der Waals surface area (Å²) >= 11 is 0. The number of carbonyl (C=O) groups excluding carboxylic acids is 1. The number of aromatic nitrogens is 2. The predicted molar refractivity (Wildman–Crippen MR) is 130 cm³/mol. The quantitative estimate of drug-likeness (QED) is 0.319. The summed E-state index contributed by atoms with van der Waals surface area (Å²) in [7, 11) is 0. The number of amides is 1. The molecule has 6 nitrogen and oxygen atoms in total. The highest BCUT2D eigenvalue weighted by Crippen LogP contribution is 2.29. The van der Waals surface area contributed by atoms with E-state index in [1.807, 2.05) is 91.3 Å². The van der Waals surface area contributed by atoms with Gasteiger partial charge in [0.2, 0.25) is 0 Å². The van der Waals surface area contributed by atoms with Crippen molar-refractivity contribution in [2.75, 3.05) is 6.61 Å². The van der Waals surface area contributed by atoms with Crippen molar-refractivity contribution in [3.63, 3.8) is 0 Å². The van der Waals surface area contributed by atoms with Gasteiger partial charge in [-0.05, 0) is 31.0 Å². The van der Waals surface area contributed by atoms with E-state index >= 15 is 0 Å². The average molecular weight is 439 g/mol. The molecule has 0 unspecified atom stereocenters. The van der Waals surface area contributed by atoms with Crippen molar-refractivity contribution < 1.29 is 9.53 Å². The normalized spacial score (nSPS) is 11.0. The van der Waals surface area contributed by atoms with E-state index in [2.05, 4.69) is 27.8 Å². The Kier molecular flexibility index (Phi) is 6.95. The van der Waals surface area contributed by atoms with Crippen LogP contribution in [0.3, 0.4) is 0 Å². The van der Waals surface area contributed by atoms with Gasteiger partial charge in [-0.1, -0.05) is 78.9 Å². The molecule has 0 aliphatic rings. The highest BCUT2D eigenvalue weighted by Gasteiger charge is 2.11. The molecule has 0 saturated heterocycles. The van der Waals surface area contributed by atoms with Crippen molar-refractivity contribution in [3.8, 4) is 16.9 Å². The van der Waals surface area contributed by atoms with Crippen LogP contribution in [0.1, 0.15) is 22.5 Å². The number of rotatable bonds is 8. The Bertz CT molecular complexity index is 1250. The highest BCUT2D eigenvalue weighted by atomic mass is 16.5. The zero-order valence-electron chi connectivity index (χ0n) is 18.7. The Morgan fingerprint density at radius 2 is 1.64 bits per heavy atom. The van der Waals surface area contributed by atoms with Crippen molar-refractivity contribution in [3.05, 3.63) is 107 Å². The van der Waals surface area contributed by atoms with E-state index in [1.165, 1.54) is 5.56 Å². The van der Waals surface area contributed by atoms with Crippen molar-refractivity contribution in [1.82, 2.24) is 15.2 Å². The standard InChI is InChI=1S/C27H26N4O2/c1-20-25(21(2)31(30-20)18-22-11-5-3-6-12-22)17-28-29-27(32)19-33-26-16-10-9-15-24(26)23-13-7-4-8-14-23/h3-17H,18-19H2,1-2H3,(H,29,32)/b28-17+. The Morgan fingerprint density at radius 3 is 2.39 bits per heavy atom. The first-order valence-electron chi connectivity index (χ1n) is 10.8. The summed E-state index contributed by atoms with van der Waals surface area (Å²) in [6.45, 7) is 4.48. The fourth-order valence-electron chi connectivity index (χ4n) is 3.60. The first-order valence-corrected chi connectivity index (χ1v) is 10.8. The second-order valence-corrected chi connectivity index (χ2v) is 7.67. The van der Waals surface area contributed by atoms with Crippen LogP contribution in [0.5, 0.6) is 5.75 Å². The number of aryl methyl sites for hydroxylation is 1. The van der Waals surface area contributed by atoms with Gasteiger partial charge in [-0.3, -0.25) is 9.48 Å². The Hall–Kier alpha value is -4.19. The van der Waals surface area contributed by atoms with Crippen molar-refractivity contribution in [2.24, 2.45) is 5.10 Å². The number of benzene rings is 3. The van der Waals surface area contributed by atoms with Gasteiger partial charge in [-0.2, -0.15) is 10.2 Å². The van der Waals surface area contributed by atoms with Crippen LogP contribution in [-0.4, -0.2) is 28.5 Å². The van der Waals surface area contributed by atoms with Crippen LogP contribution in [-0.2, 0) is 11.3 Å². The second kappa shape index (κ2) is 10.4. The van der Waals surface area contributed by atoms with Crippen molar-refractivity contribution in [1.29, 1.82) is 0 Å². The summed E-state index contributed by atoms with van der Waals surface area (Å²) in [5, 5.41) is 8.72. The molecule has 0 aliphatic carbocycles. The summed E-state index contributed by atoms with van der Waals surface area (Å²) < 4.78 is 7.71. The lowest BCUT2D eigenvalue weighted by Crippen LogP contribution is -2.24. The maximum Gasteiger partial charge on any atom is 0.277 e. The third kappa shape index (κ3) is 5.54. The van der Waals surface area contributed by atoms with Gasteiger partial charge in [-0.25, -0.2) is 5.43 Å². The zero-order chi connectivity index (χ0) is 23.0. The van der Waals surface area contributed by atoms with E-state index in [9.17, 15) is 4.79 Å². The molecule has 0 atom stereocenters. The van der Waals surface area contributed by atoms with E-state index in [4.69, 9.17) is 4.74 Å². The van der Waals surface area contributed by atoms with Crippen LogP contribution in [0, 0.1) is 13.8 Å². The fourth-order valence-corrected chi connectivity index (χ4v) is 3.60. The maximum atomic E-state index is 12.3. The maximum absolute atomic E-state index is 12.3. The molecule has 166 valence electrons. The Labute approximate surface area is 193 Å². The van der Waals surface area contributed by atoms with Gasteiger partial charge in [0.1, 0.15) is 5.75 Å². The van der Waals surface area contributed by atoms with Crippen LogP contribution in [0.15, 0.2) is 90.0 Å². The molecule has 3 aromatic carbocycles. The fraction of sp³-hybridized carbons (Fsp3) is 0.148. The van der Waals surface area contributed by atoms with Gasteiger partial charge in [0.25, 0.3) is 5.91 Å². The molecular weight excluding hydrogens is 412 g/mol. The van der Waals surface area contributed by atoms with Crippen LogP contribution < -0.4 is 10.2 Å². The number of nitrogens with one attached hydrogen (secondary N) is 1. The molecule has 0 radical (unpaired) electrons. The third-order valence-corrected chi connectivity index (χ3v) is 5.33. The van der Waals surface area contributed by atoms with Crippen molar-refractivity contribution in [2.45, 2.75) is 20.4 Å². The summed E-state index contributed by atoms with van der Waals surface area (Å²) in [5.41, 5.74) is 8.42. The molecular formula is C27H26N4O2. The van der Waals surface area contributed by atoms with Gasteiger partial charge < -0.3 is 4.74 Å². The number of para-hydroxylation sites is 1. The molecule has 4 rings (SSSR count). The van der Waals surface area contributed by atoms with Gasteiger partial charge in [-0.15, -0.1) is 0 Å². The number of hydrogen-bond donors (Lipinski definition) is 1. The van der Waals surface area contributed by atoms with Gasteiger partial charge in [0.05, 0.1) is 18.5 Å². The monoisotopic (exact) mass is 438 g/mol. The molecule has 4 aromatic rings. The highest BCUT2D eigenvalue weighted by molar-refractivity contribution is 5.85. The van der Waals surface area contributed by atoms with E-state index in [0.717, 1.165) is 28.1 Å². The molecule has 1 N–H and O–H groups in total. The molecule has 1 heterocycles. The Morgan fingerprint density at radius 1 is 0.970 bits per heavy atom. The number of ether oxygens (including phenoxy) is 1. The van der Waals surface area contributed by atoms with Crippen LogP contribution in [0.4, 0.5) is 0 Å². The molecule has 0 saturated carbocycles. The third-order valence-electron chi connectivity index (χ3n) is 5.33. The van der Waals surface area contributed by atoms with Gasteiger partial charge in [0, 0.05) is 16.8 Å². The average Bonchev–Trinajstić information content (AvgIpc) is 3.11. The molecule has 1 aromatic heterocycles. The number of nitrogens with zero attached hydrogens (tertiary/aromatic N) is 3. The topological polar surface area (TPSA) is 68.5 Å². The Balaban J connectivity index is 1.36. The predicted octanol–water partition coefficient (Wildman–Crippen LogP) is 4.74. The van der Waals surface area contributed by atoms with E-state index < -0.39 is 0 Å². The lowest BCUT2D eigenvalue weighted by Gasteiger charge is -2.10. The minimum Gasteiger partial charge on any atom is -0.483 e. The first-order chi connectivity index (χ1) is 16.1. The number of carbonyl (C=O) groups is 1. The minimum absolute atomic E-state index is 0.133. The molecule has 33 heavy (non-hydrogen) atoms. The summed E-state index contributed by atoms with van der Waals surface area (Å²) in [6, 6.07) is 27.7. The lowest BCUT2D eigenvalue weighted by molar-refractivity contribution is -0.123. The summed E-state index contributed by atoms with van der Waals surface area (Å²) in [4.78, 5) is 12.3. The van der Waals surface area contributed by atoms with Gasteiger partial charge >= 0.3 is 0 Å². The second-order valence-electron chi connectivity index (χ2n) is 7.67. The molecule has 6 heteroatoms. The largest absolute Gasteiger partial charge is 0.483 e.